The molecule has 0 aromatic rings. The average Bonchev–Trinajstić information content (AvgIpc) is 2.24. The minimum Gasteiger partial charge on any atom is -0.481 e. The molecule has 0 aromatic heterocycles. The molecule has 0 aliphatic carbocycles. The van der Waals surface area contributed by atoms with Crippen molar-refractivity contribution in [3.05, 3.63) is 0 Å². The maximum absolute atomic E-state index is 12.0. The van der Waals surface area contributed by atoms with Crippen LogP contribution in [0.5, 0.6) is 0 Å². The standard InChI is InChI=1S/C14H29N3O3/c1-10(8-9-17(6)7)15-12(20)16-14(4,5)13(2,3)11(18)19/h10H,8-9H2,1-7H3,(H,18,19)(H2,15,16,20). The van der Waals surface area contributed by atoms with Crippen LogP contribution in [0.25, 0.3) is 0 Å². The number of nitrogens with one attached hydrogen (secondary N) is 2. The molecule has 0 heterocycles. The van der Waals surface area contributed by atoms with Crippen LogP contribution in [0, 0.1) is 5.41 Å². The summed E-state index contributed by atoms with van der Waals surface area (Å²) in [6.07, 6.45) is 0.836. The normalized spacial score (nSPS) is 14.0. The van der Waals surface area contributed by atoms with E-state index in [0.717, 1.165) is 13.0 Å². The fourth-order valence-corrected chi connectivity index (χ4v) is 1.49. The topological polar surface area (TPSA) is 81.7 Å². The summed E-state index contributed by atoms with van der Waals surface area (Å²) in [7, 11) is 3.95. The van der Waals surface area contributed by atoms with Gasteiger partial charge in [0.1, 0.15) is 0 Å². The third-order valence-corrected chi connectivity index (χ3v) is 3.91. The van der Waals surface area contributed by atoms with E-state index in [1.165, 1.54) is 0 Å². The number of urea groups is 1. The van der Waals surface area contributed by atoms with Gasteiger partial charge in [-0.15, -0.1) is 0 Å². The van der Waals surface area contributed by atoms with Crippen LogP contribution in [0.4, 0.5) is 4.79 Å². The van der Waals surface area contributed by atoms with E-state index in [-0.39, 0.29) is 12.1 Å². The Hall–Kier alpha value is -1.30. The van der Waals surface area contributed by atoms with Crippen molar-refractivity contribution in [3.8, 4) is 0 Å². The van der Waals surface area contributed by atoms with E-state index in [0.29, 0.717) is 0 Å². The molecule has 0 aromatic carbocycles. The molecule has 0 saturated carbocycles. The highest BCUT2D eigenvalue weighted by molar-refractivity contribution is 5.79. The molecule has 0 fully saturated rings. The summed E-state index contributed by atoms with van der Waals surface area (Å²) >= 11 is 0. The lowest BCUT2D eigenvalue weighted by molar-refractivity contribution is -0.150. The average molecular weight is 287 g/mol. The molecule has 0 bridgehead atoms. The second-order valence-electron chi connectivity index (χ2n) is 6.65. The lowest BCUT2D eigenvalue weighted by atomic mass is 9.74. The van der Waals surface area contributed by atoms with Crippen molar-refractivity contribution in [2.24, 2.45) is 5.41 Å². The molecular formula is C14H29N3O3. The van der Waals surface area contributed by atoms with Crippen molar-refractivity contribution < 1.29 is 14.7 Å². The molecule has 0 rings (SSSR count). The molecular weight excluding hydrogens is 258 g/mol. The summed E-state index contributed by atoms with van der Waals surface area (Å²) in [6.45, 7) is 9.44. The minimum atomic E-state index is -1.06. The molecule has 0 aliphatic rings. The Kier molecular flexibility index (Phi) is 6.47. The van der Waals surface area contributed by atoms with Crippen LogP contribution in [0.3, 0.4) is 0 Å². The SMILES string of the molecule is CC(CCN(C)C)NC(=O)NC(C)(C)C(C)(C)C(=O)O. The Bertz CT molecular complexity index is 352. The molecule has 6 heteroatoms. The third kappa shape index (κ3) is 5.36. The van der Waals surface area contributed by atoms with E-state index >= 15 is 0 Å². The monoisotopic (exact) mass is 287 g/mol. The predicted molar refractivity (Wildman–Crippen MR) is 79.8 cm³/mol. The van der Waals surface area contributed by atoms with Crippen molar-refractivity contribution in [1.82, 2.24) is 15.5 Å². The second kappa shape index (κ2) is 6.92. The van der Waals surface area contributed by atoms with Gasteiger partial charge in [-0.2, -0.15) is 0 Å². The summed E-state index contributed by atoms with van der Waals surface area (Å²) in [5, 5.41) is 14.8. The fraction of sp³-hybridized carbons (Fsp3) is 0.857. The van der Waals surface area contributed by atoms with Gasteiger partial charge in [-0.05, 0) is 61.7 Å². The van der Waals surface area contributed by atoms with Crippen LogP contribution >= 0.6 is 0 Å². The first-order valence-corrected chi connectivity index (χ1v) is 6.87. The van der Waals surface area contributed by atoms with Crippen molar-refractivity contribution >= 4 is 12.0 Å². The van der Waals surface area contributed by atoms with Gasteiger partial charge in [0.25, 0.3) is 0 Å². The van der Waals surface area contributed by atoms with Crippen LogP contribution in [0.15, 0.2) is 0 Å². The van der Waals surface area contributed by atoms with Crippen LogP contribution in [0.1, 0.15) is 41.0 Å². The van der Waals surface area contributed by atoms with Crippen molar-refractivity contribution in [2.45, 2.75) is 52.6 Å². The van der Waals surface area contributed by atoms with Crippen molar-refractivity contribution in [2.75, 3.05) is 20.6 Å². The summed E-state index contributed by atoms with van der Waals surface area (Å²) in [5.74, 6) is -0.941. The second-order valence-corrected chi connectivity index (χ2v) is 6.65. The molecule has 20 heavy (non-hydrogen) atoms. The highest BCUT2D eigenvalue weighted by Gasteiger charge is 2.44. The van der Waals surface area contributed by atoms with Crippen LogP contribution in [0.2, 0.25) is 0 Å². The van der Waals surface area contributed by atoms with Crippen LogP contribution < -0.4 is 10.6 Å². The summed E-state index contributed by atoms with van der Waals surface area (Å²) in [4.78, 5) is 25.3. The van der Waals surface area contributed by atoms with Gasteiger partial charge in [0.2, 0.25) is 0 Å². The van der Waals surface area contributed by atoms with E-state index in [1.54, 1.807) is 27.7 Å². The smallest absolute Gasteiger partial charge is 0.315 e. The van der Waals surface area contributed by atoms with E-state index in [1.807, 2.05) is 25.9 Å². The number of hydrogen-bond acceptors (Lipinski definition) is 3. The lowest BCUT2D eigenvalue weighted by Crippen LogP contribution is -2.59. The van der Waals surface area contributed by atoms with Gasteiger partial charge in [-0.25, -0.2) is 4.79 Å². The van der Waals surface area contributed by atoms with E-state index in [4.69, 9.17) is 0 Å². The first-order valence-electron chi connectivity index (χ1n) is 6.87. The zero-order chi connectivity index (χ0) is 16.1. The van der Waals surface area contributed by atoms with Gasteiger partial charge < -0.3 is 20.6 Å². The van der Waals surface area contributed by atoms with Gasteiger partial charge in [0.05, 0.1) is 11.0 Å². The molecule has 1 unspecified atom stereocenters. The zero-order valence-electron chi connectivity index (χ0n) is 13.7. The van der Waals surface area contributed by atoms with E-state index < -0.39 is 16.9 Å². The number of carbonyl (C=O) groups excluding carboxylic acids is 1. The Morgan fingerprint density at radius 2 is 1.70 bits per heavy atom. The Balaban J connectivity index is 4.49. The Labute approximate surface area is 121 Å². The molecule has 118 valence electrons. The highest BCUT2D eigenvalue weighted by Crippen LogP contribution is 2.30. The maximum atomic E-state index is 12.0. The summed E-state index contributed by atoms with van der Waals surface area (Å²) in [6, 6.07) is -0.309. The molecule has 6 nitrogen and oxygen atoms in total. The van der Waals surface area contributed by atoms with Gasteiger partial charge >= 0.3 is 12.0 Å². The molecule has 3 N–H and O–H groups in total. The number of carboxylic acids is 1. The number of aliphatic carboxylic acids is 1. The summed E-state index contributed by atoms with van der Waals surface area (Å²) < 4.78 is 0. The number of rotatable bonds is 7. The van der Waals surface area contributed by atoms with Gasteiger partial charge in [0.15, 0.2) is 0 Å². The maximum Gasteiger partial charge on any atom is 0.315 e. The predicted octanol–water partition coefficient (Wildman–Crippen LogP) is 1.52. The molecule has 0 spiro atoms. The highest BCUT2D eigenvalue weighted by atomic mass is 16.4. The number of nitrogens with zero attached hydrogens (tertiary/aromatic N) is 1. The Morgan fingerprint density at radius 1 is 1.20 bits per heavy atom. The van der Waals surface area contributed by atoms with Crippen molar-refractivity contribution in [3.63, 3.8) is 0 Å². The molecule has 0 aliphatic heterocycles. The van der Waals surface area contributed by atoms with E-state index in [9.17, 15) is 14.7 Å². The quantitative estimate of drug-likeness (QED) is 0.663. The zero-order valence-corrected chi connectivity index (χ0v) is 13.7. The number of amides is 2. The van der Waals surface area contributed by atoms with Crippen molar-refractivity contribution in [1.29, 1.82) is 0 Å². The lowest BCUT2D eigenvalue weighted by Gasteiger charge is -2.39. The number of carbonyl (C=O) groups is 2. The summed E-state index contributed by atoms with van der Waals surface area (Å²) in [5.41, 5.74) is -1.92. The van der Waals surface area contributed by atoms with Gasteiger partial charge in [-0.1, -0.05) is 0 Å². The minimum absolute atomic E-state index is 0.0288. The fourth-order valence-electron chi connectivity index (χ4n) is 1.49. The van der Waals surface area contributed by atoms with E-state index in [2.05, 4.69) is 10.6 Å². The molecule has 0 radical (unpaired) electrons. The molecule has 2 amide bonds. The first-order chi connectivity index (χ1) is 8.90. The largest absolute Gasteiger partial charge is 0.481 e. The number of hydrogen-bond donors (Lipinski definition) is 3. The van der Waals surface area contributed by atoms with Crippen LogP contribution in [-0.2, 0) is 4.79 Å². The van der Waals surface area contributed by atoms with Crippen LogP contribution in [-0.4, -0.2) is 54.2 Å². The number of carboxylic acid groups (broad SMARTS) is 1. The van der Waals surface area contributed by atoms with Gasteiger partial charge in [-0.3, -0.25) is 4.79 Å². The molecule has 0 saturated heterocycles. The Morgan fingerprint density at radius 3 is 2.10 bits per heavy atom. The first kappa shape index (κ1) is 18.7. The molecule has 1 atom stereocenters. The third-order valence-electron chi connectivity index (χ3n) is 3.91. The van der Waals surface area contributed by atoms with Gasteiger partial charge in [0, 0.05) is 6.04 Å².